The summed E-state index contributed by atoms with van der Waals surface area (Å²) in [6.45, 7) is 3.81. The van der Waals surface area contributed by atoms with Crippen molar-refractivity contribution in [2.24, 2.45) is 0 Å². The summed E-state index contributed by atoms with van der Waals surface area (Å²) in [7, 11) is -3.58. The Hall–Kier alpha value is -2.72. The largest absolute Gasteiger partial charge is 0.361 e. The van der Waals surface area contributed by atoms with Crippen molar-refractivity contribution in [2.45, 2.75) is 18.2 Å². The number of amides is 1. The van der Waals surface area contributed by atoms with E-state index in [4.69, 9.17) is 5.21 Å². The van der Waals surface area contributed by atoms with Crippen molar-refractivity contribution in [2.75, 3.05) is 31.1 Å². The highest BCUT2D eigenvalue weighted by Gasteiger charge is 2.30. The van der Waals surface area contributed by atoms with Gasteiger partial charge in [-0.1, -0.05) is 49.4 Å². The summed E-state index contributed by atoms with van der Waals surface area (Å²) in [5, 5.41) is 9.86. The van der Waals surface area contributed by atoms with E-state index in [2.05, 4.69) is 4.90 Å². The number of carbonyl (C=O) groups is 1. The van der Waals surface area contributed by atoms with Gasteiger partial charge in [0.25, 0.3) is 5.91 Å². The van der Waals surface area contributed by atoms with Crippen LogP contribution in [0.25, 0.3) is 11.1 Å². The minimum Gasteiger partial charge on any atom is -0.361 e. The number of rotatable bonds is 6. The quantitative estimate of drug-likeness (QED) is 0.423. The van der Waals surface area contributed by atoms with Gasteiger partial charge in [0.05, 0.1) is 14.8 Å². The van der Waals surface area contributed by atoms with Gasteiger partial charge in [-0.15, -0.1) is 11.3 Å². The second-order valence-corrected chi connectivity index (χ2v) is 10.5. The lowest BCUT2D eigenvalue weighted by molar-refractivity contribution is 0.0711. The molecule has 1 fully saturated rings. The number of sulfonamides is 1. The summed E-state index contributed by atoms with van der Waals surface area (Å²) in [6, 6.07) is 18.6. The van der Waals surface area contributed by atoms with Crippen LogP contribution in [0.15, 0.2) is 65.6 Å². The number of carbonyl (C=O) groups excluding carboxylic acids is 1. The van der Waals surface area contributed by atoms with E-state index in [1.54, 1.807) is 23.7 Å². The summed E-state index contributed by atoms with van der Waals surface area (Å²) in [5.41, 5.74) is 4.71. The van der Waals surface area contributed by atoms with Crippen molar-refractivity contribution in [1.82, 2.24) is 9.79 Å². The summed E-state index contributed by atoms with van der Waals surface area (Å²) in [4.78, 5) is 14.6. The average Bonchev–Trinajstić information content (AvgIpc) is 3.29. The number of nitrogens with zero attached hydrogens (tertiary/aromatic N) is 2. The lowest BCUT2D eigenvalue weighted by Gasteiger charge is -2.35. The Balaban J connectivity index is 1.47. The first kappa shape index (κ1) is 22.5. The zero-order valence-corrected chi connectivity index (χ0v) is 19.3. The van der Waals surface area contributed by atoms with E-state index in [0.717, 1.165) is 28.1 Å². The number of anilines is 1. The molecule has 3 aromatic rings. The number of aryl methyl sites for hydroxylation is 1. The highest BCUT2D eigenvalue weighted by molar-refractivity contribution is 7.89. The second kappa shape index (κ2) is 9.41. The molecule has 32 heavy (non-hydrogen) atoms. The fourth-order valence-electron chi connectivity index (χ4n) is 3.84. The van der Waals surface area contributed by atoms with Crippen molar-refractivity contribution in [1.29, 1.82) is 0 Å². The molecule has 2 aromatic carbocycles. The minimum absolute atomic E-state index is 0.290. The molecule has 2 N–H and O–H groups in total. The molecule has 4 rings (SSSR count). The fraction of sp³-hybridized carbons (Fsp3) is 0.261. The third kappa shape index (κ3) is 4.42. The van der Waals surface area contributed by atoms with Gasteiger partial charge in [-0.05, 0) is 41.3 Å². The molecule has 2 heterocycles. The molecular formula is C23H25N3O4S2. The van der Waals surface area contributed by atoms with Crippen molar-refractivity contribution in [3.8, 4) is 11.1 Å². The predicted octanol–water partition coefficient (Wildman–Crippen LogP) is 3.61. The number of hydroxylamine groups is 1. The molecule has 0 bridgehead atoms. The SMILES string of the molecule is CCc1cc(C(=O)NO)sc1N1CCN(S(=O)(=O)c2ccc(-c3ccccc3)cc2)CC1. The van der Waals surface area contributed by atoms with E-state index in [-0.39, 0.29) is 4.90 Å². The Morgan fingerprint density at radius 1 is 1.00 bits per heavy atom. The van der Waals surface area contributed by atoms with E-state index >= 15 is 0 Å². The minimum atomic E-state index is -3.58. The topological polar surface area (TPSA) is 89.9 Å². The Labute approximate surface area is 191 Å². The molecule has 0 aliphatic carbocycles. The maximum atomic E-state index is 13.2. The van der Waals surface area contributed by atoms with Gasteiger partial charge in [0.1, 0.15) is 0 Å². The van der Waals surface area contributed by atoms with Gasteiger partial charge in [-0.25, -0.2) is 13.9 Å². The Kier molecular flexibility index (Phi) is 6.61. The van der Waals surface area contributed by atoms with E-state index in [1.807, 2.05) is 49.4 Å². The van der Waals surface area contributed by atoms with Crippen molar-refractivity contribution < 1.29 is 18.4 Å². The van der Waals surface area contributed by atoms with Crippen LogP contribution in [0.5, 0.6) is 0 Å². The van der Waals surface area contributed by atoms with Gasteiger partial charge in [0, 0.05) is 26.2 Å². The maximum Gasteiger partial charge on any atom is 0.284 e. The number of hydrogen-bond donors (Lipinski definition) is 2. The van der Waals surface area contributed by atoms with E-state index in [1.165, 1.54) is 15.6 Å². The number of piperazine rings is 1. The second-order valence-electron chi connectivity index (χ2n) is 7.52. The van der Waals surface area contributed by atoms with Crippen LogP contribution in [0.2, 0.25) is 0 Å². The van der Waals surface area contributed by atoms with Crippen LogP contribution in [0, 0.1) is 0 Å². The molecular weight excluding hydrogens is 446 g/mol. The normalized spacial score (nSPS) is 15.0. The molecule has 168 valence electrons. The van der Waals surface area contributed by atoms with E-state index in [9.17, 15) is 13.2 Å². The number of hydrogen-bond acceptors (Lipinski definition) is 6. The Bertz CT molecular complexity index is 1180. The number of benzene rings is 2. The van der Waals surface area contributed by atoms with Crippen molar-refractivity contribution in [3.63, 3.8) is 0 Å². The van der Waals surface area contributed by atoms with Gasteiger partial charge in [0.15, 0.2) is 0 Å². The molecule has 1 saturated heterocycles. The first-order valence-electron chi connectivity index (χ1n) is 10.4. The smallest absolute Gasteiger partial charge is 0.284 e. The van der Waals surface area contributed by atoms with Crippen molar-refractivity contribution >= 4 is 32.3 Å². The molecule has 0 radical (unpaired) electrons. The van der Waals surface area contributed by atoms with Crippen LogP contribution in [0.4, 0.5) is 5.00 Å². The van der Waals surface area contributed by atoms with Crippen LogP contribution in [-0.4, -0.2) is 50.0 Å². The van der Waals surface area contributed by atoms with Crippen LogP contribution in [-0.2, 0) is 16.4 Å². The van der Waals surface area contributed by atoms with E-state index in [0.29, 0.717) is 31.1 Å². The molecule has 0 spiro atoms. The van der Waals surface area contributed by atoms with Gasteiger partial charge in [0.2, 0.25) is 10.0 Å². The zero-order valence-electron chi connectivity index (χ0n) is 17.7. The molecule has 0 unspecified atom stereocenters. The molecule has 1 aliphatic heterocycles. The third-order valence-corrected chi connectivity index (χ3v) is 8.77. The molecule has 7 nitrogen and oxygen atoms in total. The third-order valence-electron chi connectivity index (χ3n) is 5.62. The van der Waals surface area contributed by atoms with Crippen molar-refractivity contribution in [3.05, 3.63) is 71.1 Å². The summed E-state index contributed by atoms with van der Waals surface area (Å²) < 4.78 is 27.8. The van der Waals surface area contributed by atoms with Crippen LogP contribution in [0.3, 0.4) is 0 Å². The highest BCUT2D eigenvalue weighted by atomic mass is 32.2. The standard InChI is InChI=1S/C23H25N3O4S2/c1-2-17-16-21(22(27)24-28)31-23(17)25-12-14-26(15-13-25)32(29,30)20-10-8-19(9-11-20)18-6-4-3-5-7-18/h3-11,16,28H,2,12-15H2,1H3,(H,24,27). The summed E-state index contributed by atoms with van der Waals surface area (Å²) in [6.07, 6.45) is 0.747. The first-order chi connectivity index (χ1) is 15.4. The summed E-state index contributed by atoms with van der Waals surface area (Å²) in [5.74, 6) is -0.531. The molecule has 1 amide bonds. The highest BCUT2D eigenvalue weighted by Crippen LogP contribution is 2.33. The van der Waals surface area contributed by atoms with Gasteiger partial charge in [-0.2, -0.15) is 4.31 Å². The maximum absolute atomic E-state index is 13.2. The van der Waals surface area contributed by atoms with Gasteiger partial charge >= 0.3 is 0 Å². The summed E-state index contributed by atoms with van der Waals surface area (Å²) >= 11 is 1.31. The molecule has 0 atom stereocenters. The average molecular weight is 472 g/mol. The van der Waals surface area contributed by atoms with Crippen LogP contribution < -0.4 is 10.4 Å². The number of nitrogens with one attached hydrogen (secondary N) is 1. The van der Waals surface area contributed by atoms with Gasteiger partial charge in [-0.3, -0.25) is 10.0 Å². The Morgan fingerprint density at radius 2 is 1.62 bits per heavy atom. The van der Waals surface area contributed by atoms with Crippen LogP contribution in [0.1, 0.15) is 22.2 Å². The molecule has 1 aromatic heterocycles. The lowest BCUT2D eigenvalue weighted by atomic mass is 10.1. The molecule has 0 saturated carbocycles. The predicted molar refractivity (Wildman–Crippen MR) is 126 cm³/mol. The van der Waals surface area contributed by atoms with E-state index < -0.39 is 15.9 Å². The lowest BCUT2D eigenvalue weighted by Crippen LogP contribution is -2.48. The van der Waals surface area contributed by atoms with Crippen LogP contribution >= 0.6 is 11.3 Å². The fourth-order valence-corrected chi connectivity index (χ4v) is 6.45. The zero-order chi connectivity index (χ0) is 22.7. The molecule has 9 heteroatoms. The first-order valence-corrected chi connectivity index (χ1v) is 12.7. The molecule has 1 aliphatic rings. The van der Waals surface area contributed by atoms with Gasteiger partial charge < -0.3 is 4.90 Å². The number of thiophene rings is 1. The Morgan fingerprint density at radius 3 is 2.22 bits per heavy atom. The monoisotopic (exact) mass is 471 g/mol.